The number of imidazole rings is 1. The van der Waals surface area contributed by atoms with Crippen LogP contribution in [0, 0.1) is 0 Å². The third kappa shape index (κ3) is 10.4. The number of nitrogens with one attached hydrogen (secondary N) is 4. The molecule has 0 radical (unpaired) electrons. The number of rotatable bonds is 15. The molecule has 0 aliphatic rings. The number of aromatic amines is 1. The molecule has 184 valence electrons. The van der Waals surface area contributed by atoms with Gasteiger partial charge in [-0.15, -0.1) is 0 Å². The second-order valence-electron chi connectivity index (χ2n) is 7.29. The monoisotopic (exact) mass is 486 g/mol. The standard InChI is InChI=1S/C19H30N6O7S/c1-10(16(28)25-14(19(31)32)3-4-15(26)27)23-18(30)13(5-6-33-2)24-17(29)12(20)7-11-8-21-9-22-11/h8-10,12-14H,3-7,20H2,1-2H3,(H,21,22)(H,23,30)(H,24,29)(H,25,28)(H,26,27)(H,31,32). The van der Waals surface area contributed by atoms with Gasteiger partial charge in [0.15, 0.2) is 0 Å². The van der Waals surface area contributed by atoms with Crippen LogP contribution < -0.4 is 21.7 Å². The van der Waals surface area contributed by atoms with Crippen LogP contribution >= 0.6 is 11.8 Å². The van der Waals surface area contributed by atoms with Gasteiger partial charge in [-0.2, -0.15) is 11.8 Å². The normalized spacial score (nSPS) is 14.4. The molecule has 1 aromatic rings. The maximum atomic E-state index is 12.7. The van der Waals surface area contributed by atoms with Crippen LogP contribution in [0.1, 0.15) is 31.9 Å². The van der Waals surface area contributed by atoms with Gasteiger partial charge in [-0.05, 0) is 31.8 Å². The molecule has 0 aliphatic heterocycles. The average Bonchev–Trinajstić information content (AvgIpc) is 3.25. The molecule has 0 aromatic carbocycles. The van der Waals surface area contributed by atoms with Crippen LogP contribution in [0.5, 0.6) is 0 Å². The molecule has 0 spiro atoms. The van der Waals surface area contributed by atoms with E-state index in [1.165, 1.54) is 31.2 Å². The predicted molar refractivity (Wildman–Crippen MR) is 119 cm³/mol. The molecule has 13 nitrogen and oxygen atoms in total. The van der Waals surface area contributed by atoms with Crippen LogP contribution in [0.25, 0.3) is 0 Å². The number of nitrogens with two attached hydrogens (primary N) is 1. The SMILES string of the molecule is CSCCC(NC(=O)C(N)Cc1cnc[nH]1)C(=O)NC(C)C(=O)NC(CCC(=O)O)C(=O)O. The zero-order valence-electron chi connectivity index (χ0n) is 18.4. The summed E-state index contributed by atoms with van der Waals surface area (Å²) in [6, 6.07) is -4.44. The molecule has 0 bridgehead atoms. The number of thioether (sulfide) groups is 1. The molecule has 4 unspecified atom stereocenters. The van der Waals surface area contributed by atoms with Crippen LogP contribution in [0.2, 0.25) is 0 Å². The zero-order chi connectivity index (χ0) is 25.0. The van der Waals surface area contributed by atoms with E-state index in [9.17, 15) is 24.0 Å². The van der Waals surface area contributed by atoms with E-state index in [2.05, 4.69) is 25.9 Å². The summed E-state index contributed by atoms with van der Waals surface area (Å²) in [4.78, 5) is 66.1. The van der Waals surface area contributed by atoms with Crippen LogP contribution in [0.4, 0.5) is 0 Å². The first-order valence-electron chi connectivity index (χ1n) is 10.1. The average molecular weight is 487 g/mol. The minimum absolute atomic E-state index is 0.189. The molecule has 0 aliphatic carbocycles. The van der Waals surface area contributed by atoms with Gasteiger partial charge in [0, 0.05) is 24.7 Å². The summed E-state index contributed by atoms with van der Waals surface area (Å²) in [7, 11) is 0. The van der Waals surface area contributed by atoms with Gasteiger partial charge in [0.05, 0.1) is 12.4 Å². The highest BCUT2D eigenvalue weighted by atomic mass is 32.2. The van der Waals surface area contributed by atoms with Gasteiger partial charge >= 0.3 is 11.9 Å². The maximum absolute atomic E-state index is 12.7. The number of carbonyl (C=O) groups is 5. The van der Waals surface area contributed by atoms with E-state index in [1.807, 2.05) is 6.26 Å². The summed E-state index contributed by atoms with van der Waals surface area (Å²) < 4.78 is 0. The minimum atomic E-state index is -1.42. The Labute approximate surface area is 194 Å². The molecule has 1 rings (SSSR count). The first-order chi connectivity index (χ1) is 15.5. The van der Waals surface area contributed by atoms with Crippen molar-refractivity contribution in [2.24, 2.45) is 5.73 Å². The Morgan fingerprint density at radius 3 is 2.27 bits per heavy atom. The van der Waals surface area contributed by atoms with Gasteiger partial charge < -0.3 is 36.9 Å². The Kier molecular flexibility index (Phi) is 11.9. The number of nitrogens with zero attached hydrogens (tertiary/aromatic N) is 1. The Morgan fingerprint density at radius 1 is 1.06 bits per heavy atom. The predicted octanol–water partition coefficient (Wildman–Crippen LogP) is -1.54. The maximum Gasteiger partial charge on any atom is 0.326 e. The third-order valence-electron chi connectivity index (χ3n) is 4.59. The number of hydrogen-bond acceptors (Lipinski definition) is 8. The quantitative estimate of drug-likeness (QED) is 0.151. The fraction of sp³-hybridized carbons (Fsp3) is 0.579. The molecule has 0 saturated carbocycles. The van der Waals surface area contributed by atoms with Gasteiger partial charge in [-0.3, -0.25) is 19.2 Å². The molecule has 3 amide bonds. The summed E-state index contributed by atoms with van der Waals surface area (Å²) in [5.41, 5.74) is 6.57. The first-order valence-corrected chi connectivity index (χ1v) is 11.5. The highest BCUT2D eigenvalue weighted by Gasteiger charge is 2.28. The molecule has 14 heteroatoms. The number of carbonyl (C=O) groups excluding carboxylic acids is 3. The Morgan fingerprint density at radius 2 is 1.73 bits per heavy atom. The van der Waals surface area contributed by atoms with Crippen molar-refractivity contribution in [1.29, 1.82) is 0 Å². The molecule has 0 fully saturated rings. The molecule has 8 N–H and O–H groups in total. The Hall–Kier alpha value is -3.13. The van der Waals surface area contributed by atoms with Crippen LogP contribution in [-0.2, 0) is 30.4 Å². The number of carboxylic acid groups (broad SMARTS) is 2. The summed E-state index contributed by atoms with van der Waals surface area (Å²) in [6.45, 7) is 1.35. The number of aliphatic carboxylic acids is 2. The molecule has 33 heavy (non-hydrogen) atoms. The van der Waals surface area contributed by atoms with Gasteiger partial charge in [0.1, 0.15) is 18.1 Å². The van der Waals surface area contributed by atoms with Crippen LogP contribution in [0.15, 0.2) is 12.5 Å². The molecule has 1 aromatic heterocycles. The lowest BCUT2D eigenvalue weighted by Gasteiger charge is -2.23. The highest BCUT2D eigenvalue weighted by molar-refractivity contribution is 7.98. The van der Waals surface area contributed by atoms with E-state index < -0.39 is 60.2 Å². The van der Waals surface area contributed by atoms with Crippen molar-refractivity contribution < 1.29 is 34.2 Å². The van der Waals surface area contributed by atoms with Crippen molar-refractivity contribution in [1.82, 2.24) is 25.9 Å². The van der Waals surface area contributed by atoms with Gasteiger partial charge in [0.2, 0.25) is 17.7 Å². The largest absolute Gasteiger partial charge is 0.481 e. The number of amides is 3. The van der Waals surface area contributed by atoms with Gasteiger partial charge in [0.25, 0.3) is 0 Å². The molecular weight excluding hydrogens is 456 g/mol. The van der Waals surface area contributed by atoms with E-state index >= 15 is 0 Å². The van der Waals surface area contributed by atoms with Crippen molar-refractivity contribution in [3.8, 4) is 0 Å². The van der Waals surface area contributed by atoms with Crippen LogP contribution in [0.3, 0.4) is 0 Å². The second-order valence-corrected chi connectivity index (χ2v) is 8.28. The second kappa shape index (κ2) is 14.1. The van der Waals surface area contributed by atoms with Crippen LogP contribution in [-0.4, -0.2) is 86.0 Å². The molecule has 0 saturated heterocycles. The van der Waals surface area contributed by atoms with E-state index in [0.29, 0.717) is 11.4 Å². The molecule has 1 heterocycles. The van der Waals surface area contributed by atoms with E-state index in [-0.39, 0.29) is 19.3 Å². The summed E-state index contributed by atoms with van der Waals surface area (Å²) in [6.07, 6.45) is 4.54. The molecular formula is C19H30N6O7S. The van der Waals surface area contributed by atoms with E-state index in [1.54, 1.807) is 0 Å². The summed E-state index contributed by atoms with van der Waals surface area (Å²) in [5, 5.41) is 25.1. The smallest absolute Gasteiger partial charge is 0.326 e. The topological polar surface area (TPSA) is 217 Å². The first kappa shape index (κ1) is 27.9. The summed E-state index contributed by atoms with van der Waals surface area (Å²) in [5.74, 6) is -4.03. The van der Waals surface area contributed by atoms with E-state index in [0.717, 1.165) is 0 Å². The van der Waals surface area contributed by atoms with Gasteiger partial charge in [-0.1, -0.05) is 0 Å². The fourth-order valence-electron chi connectivity index (χ4n) is 2.71. The van der Waals surface area contributed by atoms with Crippen molar-refractivity contribution in [2.45, 2.75) is 56.8 Å². The lowest BCUT2D eigenvalue weighted by Crippen LogP contribution is -2.56. The lowest BCUT2D eigenvalue weighted by atomic mass is 10.1. The van der Waals surface area contributed by atoms with Crippen molar-refractivity contribution in [2.75, 3.05) is 12.0 Å². The lowest BCUT2D eigenvalue weighted by molar-refractivity contribution is -0.143. The number of carboxylic acids is 2. The number of H-pyrrole nitrogens is 1. The Bertz CT molecular complexity index is 820. The fourth-order valence-corrected chi connectivity index (χ4v) is 3.18. The van der Waals surface area contributed by atoms with E-state index in [4.69, 9.17) is 15.9 Å². The minimum Gasteiger partial charge on any atom is -0.481 e. The highest BCUT2D eigenvalue weighted by Crippen LogP contribution is 2.04. The zero-order valence-corrected chi connectivity index (χ0v) is 19.2. The van der Waals surface area contributed by atoms with Crippen molar-refractivity contribution >= 4 is 41.4 Å². The summed E-state index contributed by atoms with van der Waals surface area (Å²) >= 11 is 1.46. The third-order valence-corrected chi connectivity index (χ3v) is 5.23. The molecule has 4 atom stereocenters. The van der Waals surface area contributed by atoms with Crippen molar-refractivity contribution in [3.63, 3.8) is 0 Å². The number of hydrogen-bond donors (Lipinski definition) is 7. The number of aromatic nitrogens is 2. The van der Waals surface area contributed by atoms with Gasteiger partial charge in [-0.25, -0.2) is 9.78 Å². The van der Waals surface area contributed by atoms with Crippen molar-refractivity contribution in [3.05, 3.63) is 18.2 Å². The Balaban J connectivity index is 2.71.